The largest absolute Gasteiger partial charge is 0.444 e. The van der Waals surface area contributed by atoms with Gasteiger partial charge in [-0.05, 0) is 62.3 Å². The van der Waals surface area contributed by atoms with Gasteiger partial charge in [0.2, 0.25) is 5.91 Å². The number of alkyl carbamates (subject to hydrolysis) is 2. The summed E-state index contributed by atoms with van der Waals surface area (Å²) < 4.78 is 10.9. The highest BCUT2D eigenvalue weighted by Crippen LogP contribution is 2.26. The van der Waals surface area contributed by atoms with Gasteiger partial charge < -0.3 is 41.0 Å². The molecule has 6 N–H and O–H groups in total. The zero-order valence-corrected chi connectivity index (χ0v) is 30.7. The molecule has 1 aliphatic rings. The van der Waals surface area contributed by atoms with Crippen LogP contribution in [0.4, 0.5) is 15.3 Å². The number of hydrogen-bond acceptors (Lipinski definition) is 9. The van der Waals surface area contributed by atoms with Crippen molar-refractivity contribution in [3.8, 4) is 0 Å². The smallest absolute Gasteiger partial charge is 0.408 e. The maximum absolute atomic E-state index is 13.7. The molecule has 3 amide bonds. The molecule has 1 aliphatic heterocycles. The maximum atomic E-state index is 13.7. The Hall–Kier alpha value is -4.78. The summed E-state index contributed by atoms with van der Waals surface area (Å²) in [4.78, 5) is 43.6. The number of hydrogen-bond donors (Lipinski definition) is 6. The lowest BCUT2D eigenvalue weighted by molar-refractivity contribution is -0.125. The summed E-state index contributed by atoms with van der Waals surface area (Å²) in [5.74, 6) is -0.760. The number of ether oxygens (including phenoxy) is 2. The molecule has 0 bridgehead atoms. The molecule has 0 aliphatic carbocycles. The number of fused-ring (bicyclic) bond motifs is 1. The van der Waals surface area contributed by atoms with Gasteiger partial charge in [-0.25, -0.2) is 9.59 Å². The Balaban J connectivity index is 1.36. The minimum absolute atomic E-state index is 0.000680. The van der Waals surface area contributed by atoms with Gasteiger partial charge in [0.15, 0.2) is 0 Å². The average molecular weight is 716 g/mol. The van der Waals surface area contributed by atoms with Crippen LogP contribution in [-0.2, 0) is 33.5 Å². The van der Waals surface area contributed by atoms with Crippen molar-refractivity contribution in [2.24, 2.45) is 10.9 Å². The predicted molar refractivity (Wildman–Crippen MR) is 201 cm³/mol. The van der Waals surface area contributed by atoms with Gasteiger partial charge in [-0.1, -0.05) is 92.7 Å². The van der Waals surface area contributed by atoms with Crippen LogP contribution in [-0.4, -0.2) is 89.6 Å². The van der Waals surface area contributed by atoms with Gasteiger partial charge in [0.05, 0.1) is 35.7 Å². The number of nitrogens with one attached hydrogen (secondary N) is 4. The maximum Gasteiger partial charge on any atom is 0.408 e. The van der Waals surface area contributed by atoms with Gasteiger partial charge in [0.25, 0.3) is 0 Å². The van der Waals surface area contributed by atoms with Crippen molar-refractivity contribution >= 4 is 29.5 Å². The molecule has 1 heterocycles. The second-order valence-corrected chi connectivity index (χ2v) is 14.5. The van der Waals surface area contributed by atoms with Crippen molar-refractivity contribution in [2.75, 3.05) is 19.7 Å². The number of para-hydroxylation sites is 1. The van der Waals surface area contributed by atoms with E-state index in [0.717, 1.165) is 28.1 Å². The number of amides is 3. The second-order valence-electron chi connectivity index (χ2n) is 14.5. The third-order valence-corrected chi connectivity index (χ3v) is 8.52. The monoisotopic (exact) mass is 715 g/mol. The minimum atomic E-state index is -1.08. The Morgan fingerprint density at radius 3 is 1.83 bits per heavy atom. The quantitative estimate of drug-likeness (QED) is 0.121. The fourth-order valence-corrected chi connectivity index (χ4v) is 5.83. The SMILES string of the molecule is CC(C)[C@H](NC(=O)OCC1=Nc2ccccc2C1)C(=O)N[C@@H](Cc1ccccc1)[C@H](O)CNC[C@@H](O)[C@H](Cc1ccccc1)NC(=O)OC(C)(C)C. The zero-order valence-electron chi connectivity index (χ0n) is 30.7. The van der Waals surface area contributed by atoms with Crippen LogP contribution >= 0.6 is 0 Å². The van der Waals surface area contributed by atoms with E-state index in [2.05, 4.69) is 26.3 Å². The highest BCUT2D eigenvalue weighted by Gasteiger charge is 2.31. The van der Waals surface area contributed by atoms with E-state index >= 15 is 0 Å². The molecule has 0 radical (unpaired) electrons. The fraction of sp³-hybridized carbons (Fsp3) is 0.450. The van der Waals surface area contributed by atoms with Gasteiger partial charge >= 0.3 is 12.2 Å². The molecule has 0 saturated heterocycles. The number of carbonyl (C=O) groups excluding carboxylic acids is 3. The van der Waals surface area contributed by atoms with Gasteiger partial charge in [-0.3, -0.25) is 9.79 Å². The lowest BCUT2D eigenvalue weighted by atomic mass is 9.98. The van der Waals surface area contributed by atoms with Gasteiger partial charge in [-0.2, -0.15) is 0 Å². The molecule has 0 spiro atoms. The molecule has 0 unspecified atom stereocenters. The highest BCUT2D eigenvalue weighted by molar-refractivity contribution is 5.96. The number of aliphatic hydroxyl groups excluding tert-OH is 2. The Bertz CT molecular complexity index is 1630. The number of nitrogens with zero attached hydrogens (tertiary/aromatic N) is 1. The van der Waals surface area contributed by atoms with E-state index in [9.17, 15) is 24.6 Å². The van der Waals surface area contributed by atoms with Crippen LogP contribution in [0.15, 0.2) is 89.9 Å². The molecule has 0 saturated carbocycles. The number of aliphatic hydroxyl groups is 2. The molecule has 0 aromatic heterocycles. The second kappa shape index (κ2) is 19.2. The normalized spacial score (nSPS) is 15.3. The summed E-state index contributed by atoms with van der Waals surface area (Å²) in [6.07, 6.45) is -2.25. The van der Waals surface area contributed by atoms with Crippen LogP contribution in [0.3, 0.4) is 0 Å². The average Bonchev–Trinajstić information content (AvgIpc) is 3.52. The highest BCUT2D eigenvalue weighted by atomic mass is 16.6. The first kappa shape index (κ1) is 40.0. The number of aliphatic imine (C=N–C) groups is 1. The van der Waals surface area contributed by atoms with Crippen LogP contribution in [0.25, 0.3) is 0 Å². The van der Waals surface area contributed by atoms with E-state index in [-0.39, 0.29) is 25.6 Å². The summed E-state index contributed by atoms with van der Waals surface area (Å²) in [5, 5.41) is 34.1. The molecule has 5 atom stereocenters. The van der Waals surface area contributed by atoms with Crippen molar-refractivity contribution in [3.63, 3.8) is 0 Å². The van der Waals surface area contributed by atoms with E-state index in [1.54, 1.807) is 20.8 Å². The lowest BCUT2D eigenvalue weighted by Crippen LogP contribution is -2.57. The van der Waals surface area contributed by atoms with E-state index in [0.29, 0.717) is 19.3 Å². The van der Waals surface area contributed by atoms with Crippen LogP contribution in [0.5, 0.6) is 0 Å². The van der Waals surface area contributed by atoms with Gasteiger partial charge in [0.1, 0.15) is 18.2 Å². The van der Waals surface area contributed by atoms with Crippen LogP contribution in [0, 0.1) is 5.92 Å². The Labute approximate surface area is 306 Å². The molecule has 12 nitrogen and oxygen atoms in total. The summed E-state index contributed by atoms with van der Waals surface area (Å²) in [7, 11) is 0. The van der Waals surface area contributed by atoms with E-state index < -0.39 is 54.0 Å². The Morgan fingerprint density at radius 2 is 1.29 bits per heavy atom. The summed E-state index contributed by atoms with van der Waals surface area (Å²) in [6.45, 7) is 8.97. The molecule has 12 heteroatoms. The molecule has 4 rings (SSSR count). The first-order valence-corrected chi connectivity index (χ1v) is 17.8. The topological polar surface area (TPSA) is 171 Å². The van der Waals surface area contributed by atoms with Crippen molar-refractivity contribution in [1.82, 2.24) is 21.3 Å². The molecular formula is C40H53N5O7. The molecule has 0 fully saturated rings. The van der Waals surface area contributed by atoms with Crippen LogP contribution in [0.1, 0.15) is 51.3 Å². The van der Waals surface area contributed by atoms with Crippen molar-refractivity contribution in [3.05, 3.63) is 102 Å². The minimum Gasteiger partial charge on any atom is -0.444 e. The standard InChI is InChI=1S/C40H53N5O7/c1-26(2)36(45-38(49)51-25-30-22-29-18-12-13-19-31(29)42-30)37(48)43-32(20-27-14-8-6-9-15-27)34(46)23-41-24-35(47)33(21-28-16-10-7-11-17-28)44-39(50)52-40(3,4)5/h6-19,26,32-36,41,46-47H,20-25H2,1-5H3,(H,43,48)(H,44,50)(H,45,49)/t32-,33-,34+,35+,36-/m0/s1. The summed E-state index contributed by atoms with van der Waals surface area (Å²) in [5.41, 5.74) is 3.74. The zero-order chi connectivity index (χ0) is 37.7. The summed E-state index contributed by atoms with van der Waals surface area (Å²) >= 11 is 0. The van der Waals surface area contributed by atoms with Crippen LogP contribution in [0.2, 0.25) is 0 Å². The van der Waals surface area contributed by atoms with E-state index in [4.69, 9.17) is 9.47 Å². The lowest BCUT2D eigenvalue weighted by Gasteiger charge is -2.30. The summed E-state index contributed by atoms with van der Waals surface area (Å²) in [6, 6.07) is 24.3. The van der Waals surface area contributed by atoms with Crippen molar-refractivity contribution < 1.29 is 34.1 Å². The molecule has 52 heavy (non-hydrogen) atoms. The third-order valence-electron chi connectivity index (χ3n) is 8.52. The first-order valence-electron chi connectivity index (χ1n) is 17.8. The Kier molecular flexibility index (Phi) is 14.7. The Morgan fingerprint density at radius 1 is 0.750 bits per heavy atom. The van der Waals surface area contributed by atoms with Gasteiger partial charge in [-0.15, -0.1) is 0 Å². The van der Waals surface area contributed by atoms with Crippen LogP contribution < -0.4 is 21.3 Å². The van der Waals surface area contributed by atoms with E-state index in [1.807, 2.05) is 98.8 Å². The number of carbonyl (C=O) groups is 3. The fourth-order valence-electron chi connectivity index (χ4n) is 5.83. The molecule has 3 aromatic carbocycles. The molecule has 280 valence electrons. The van der Waals surface area contributed by atoms with Crippen molar-refractivity contribution in [2.45, 2.75) is 89.8 Å². The van der Waals surface area contributed by atoms with E-state index in [1.165, 1.54) is 0 Å². The number of rotatable bonds is 17. The van der Waals surface area contributed by atoms with Gasteiger partial charge in [0, 0.05) is 19.5 Å². The molecular weight excluding hydrogens is 662 g/mol. The van der Waals surface area contributed by atoms with Crippen molar-refractivity contribution in [1.29, 1.82) is 0 Å². The first-order chi connectivity index (χ1) is 24.8. The third kappa shape index (κ3) is 13.1. The predicted octanol–water partition coefficient (Wildman–Crippen LogP) is 4.24. The molecule has 3 aromatic rings. The number of benzene rings is 3.